The lowest BCUT2D eigenvalue weighted by Gasteiger charge is -2.32. The number of piperidine rings is 1. The summed E-state index contributed by atoms with van der Waals surface area (Å²) in [5.41, 5.74) is 0.632. The van der Waals surface area contributed by atoms with E-state index >= 15 is 0 Å². The molecule has 1 N–H and O–H groups in total. The van der Waals surface area contributed by atoms with Crippen molar-refractivity contribution < 1.29 is 24.2 Å². The summed E-state index contributed by atoms with van der Waals surface area (Å²) in [6.45, 7) is 2.36. The molecule has 6 heteroatoms. The zero-order valence-electron chi connectivity index (χ0n) is 14.1. The summed E-state index contributed by atoms with van der Waals surface area (Å²) in [6, 6.07) is 7.11. The number of hydrogen-bond acceptors (Lipinski definition) is 4. The lowest BCUT2D eigenvalue weighted by atomic mass is 9.93. The van der Waals surface area contributed by atoms with Crippen LogP contribution in [-0.4, -0.2) is 55.3 Å². The number of likely N-dealkylation sites (tertiary alicyclic amines) is 1. The van der Waals surface area contributed by atoms with E-state index in [2.05, 4.69) is 0 Å². The molecule has 1 unspecified atom stereocenters. The SMILES string of the molecule is COCCOc1ccc(C(=O)N2CCCC(CCC(=O)O)C2)cc1. The molecule has 1 aromatic carbocycles. The van der Waals surface area contributed by atoms with Crippen LogP contribution in [0, 0.1) is 5.92 Å². The summed E-state index contributed by atoms with van der Waals surface area (Å²) in [5.74, 6) is 0.206. The molecule has 0 aliphatic carbocycles. The van der Waals surface area contributed by atoms with Crippen LogP contribution in [0.3, 0.4) is 0 Å². The molecule has 24 heavy (non-hydrogen) atoms. The van der Waals surface area contributed by atoms with Crippen LogP contribution < -0.4 is 4.74 Å². The molecule has 2 rings (SSSR count). The third kappa shape index (κ3) is 5.53. The van der Waals surface area contributed by atoms with Gasteiger partial charge in [0.15, 0.2) is 0 Å². The number of aliphatic carboxylic acids is 1. The Morgan fingerprint density at radius 2 is 2.00 bits per heavy atom. The van der Waals surface area contributed by atoms with Gasteiger partial charge < -0.3 is 19.5 Å². The minimum atomic E-state index is -0.775. The standard InChI is InChI=1S/C18H25NO5/c1-23-11-12-24-16-7-5-15(6-8-16)18(22)19-10-2-3-14(13-19)4-9-17(20)21/h5-8,14H,2-4,9-13H2,1H3,(H,20,21). The third-order valence-electron chi connectivity index (χ3n) is 4.23. The van der Waals surface area contributed by atoms with Gasteiger partial charge in [0.25, 0.3) is 5.91 Å². The smallest absolute Gasteiger partial charge is 0.303 e. The molecular weight excluding hydrogens is 310 g/mol. The van der Waals surface area contributed by atoms with Crippen molar-refractivity contribution in [2.24, 2.45) is 5.92 Å². The van der Waals surface area contributed by atoms with Gasteiger partial charge in [-0.2, -0.15) is 0 Å². The van der Waals surface area contributed by atoms with E-state index in [0.717, 1.165) is 19.4 Å². The summed E-state index contributed by atoms with van der Waals surface area (Å²) >= 11 is 0. The van der Waals surface area contributed by atoms with Crippen LogP contribution in [-0.2, 0) is 9.53 Å². The first-order valence-electron chi connectivity index (χ1n) is 8.33. The molecule has 1 amide bonds. The summed E-state index contributed by atoms with van der Waals surface area (Å²) in [7, 11) is 1.62. The topological polar surface area (TPSA) is 76.1 Å². The number of rotatable bonds is 8. The Kier molecular flexibility index (Phi) is 7.06. The lowest BCUT2D eigenvalue weighted by Crippen LogP contribution is -2.40. The van der Waals surface area contributed by atoms with Gasteiger partial charge in [0, 0.05) is 32.2 Å². The van der Waals surface area contributed by atoms with E-state index in [-0.39, 0.29) is 18.2 Å². The van der Waals surface area contributed by atoms with Crippen LogP contribution in [0.4, 0.5) is 0 Å². The summed E-state index contributed by atoms with van der Waals surface area (Å²) in [5, 5.41) is 8.80. The van der Waals surface area contributed by atoms with Crippen LogP contribution in [0.25, 0.3) is 0 Å². The van der Waals surface area contributed by atoms with Gasteiger partial charge in [-0.15, -0.1) is 0 Å². The number of methoxy groups -OCH3 is 1. The predicted octanol–water partition coefficient (Wildman–Crippen LogP) is 2.43. The molecule has 132 valence electrons. The monoisotopic (exact) mass is 335 g/mol. The minimum Gasteiger partial charge on any atom is -0.491 e. The number of carbonyl (C=O) groups is 2. The molecule has 6 nitrogen and oxygen atoms in total. The molecule has 1 saturated heterocycles. The van der Waals surface area contributed by atoms with Gasteiger partial charge in [-0.25, -0.2) is 0 Å². The van der Waals surface area contributed by atoms with Gasteiger partial charge in [0.2, 0.25) is 0 Å². The normalized spacial score (nSPS) is 17.5. The Hall–Kier alpha value is -2.08. The molecule has 1 aliphatic rings. The van der Waals surface area contributed by atoms with Crippen LogP contribution in [0.5, 0.6) is 5.75 Å². The largest absolute Gasteiger partial charge is 0.491 e. The molecule has 0 aromatic heterocycles. The van der Waals surface area contributed by atoms with Crippen molar-refractivity contribution in [1.82, 2.24) is 4.90 Å². The molecule has 1 aromatic rings. The van der Waals surface area contributed by atoms with Crippen molar-refractivity contribution in [3.63, 3.8) is 0 Å². The number of hydrogen-bond donors (Lipinski definition) is 1. The van der Waals surface area contributed by atoms with Crippen LogP contribution in [0.1, 0.15) is 36.0 Å². The Bertz CT molecular complexity index is 543. The number of carbonyl (C=O) groups excluding carboxylic acids is 1. The zero-order valence-corrected chi connectivity index (χ0v) is 14.1. The van der Waals surface area contributed by atoms with E-state index in [0.29, 0.717) is 37.5 Å². The first-order chi connectivity index (χ1) is 11.6. The Balaban J connectivity index is 1.89. The molecule has 1 atom stereocenters. The predicted molar refractivity (Wildman–Crippen MR) is 89.3 cm³/mol. The van der Waals surface area contributed by atoms with E-state index in [1.54, 1.807) is 31.4 Å². The third-order valence-corrected chi connectivity index (χ3v) is 4.23. The maximum Gasteiger partial charge on any atom is 0.303 e. The molecule has 0 spiro atoms. The summed E-state index contributed by atoms with van der Waals surface area (Å²) < 4.78 is 10.4. The van der Waals surface area contributed by atoms with Gasteiger partial charge in [-0.05, 0) is 49.4 Å². The average Bonchev–Trinajstić information content (AvgIpc) is 2.60. The van der Waals surface area contributed by atoms with Crippen molar-refractivity contribution in [2.75, 3.05) is 33.4 Å². The first kappa shape index (κ1) is 18.3. The highest BCUT2D eigenvalue weighted by molar-refractivity contribution is 5.94. The molecule has 1 aliphatic heterocycles. The van der Waals surface area contributed by atoms with Gasteiger partial charge in [-0.1, -0.05) is 0 Å². The molecule has 1 fully saturated rings. The Morgan fingerprint density at radius 1 is 1.25 bits per heavy atom. The number of amides is 1. The number of benzene rings is 1. The molecular formula is C18H25NO5. The number of ether oxygens (including phenoxy) is 2. The molecule has 0 radical (unpaired) electrons. The van der Waals surface area contributed by atoms with E-state index in [4.69, 9.17) is 14.6 Å². The highest BCUT2D eigenvalue weighted by Crippen LogP contribution is 2.23. The second-order valence-electron chi connectivity index (χ2n) is 6.06. The van der Waals surface area contributed by atoms with Gasteiger partial charge in [-0.3, -0.25) is 9.59 Å². The zero-order chi connectivity index (χ0) is 17.4. The number of carboxylic acids is 1. The van der Waals surface area contributed by atoms with E-state index in [9.17, 15) is 9.59 Å². The minimum absolute atomic E-state index is 0.00142. The quantitative estimate of drug-likeness (QED) is 0.739. The number of carboxylic acid groups (broad SMARTS) is 1. The lowest BCUT2D eigenvalue weighted by molar-refractivity contribution is -0.137. The molecule has 0 saturated carbocycles. The number of nitrogens with zero attached hydrogens (tertiary/aromatic N) is 1. The maximum atomic E-state index is 12.6. The molecule has 0 bridgehead atoms. The highest BCUT2D eigenvalue weighted by Gasteiger charge is 2.24. The fraction of sp³-hybridized carbons (Fsp3) is 0.556. The summed E-state index contributed by atoms with van der Waals surface area (Å²) in [4.78, 5) is 25.1. The van der Waals surface area contributed by atoms with Crippen LogP contribution >= 0.6 is 0 Å². The Labute approximate surface area is 142 Å². The van der Waals surface area contributed by atoms with Gasteiger partial charge >= 0.3 is 5.97 Å². The average molecular weight is 335 g/mol. The second-order valence-corrected chi connectivity index (χ2v) is 6.06. The van der Waals surface area contributed by atoms with Crippen molar-refractivity contribution in [1.29, 1.82) is 0 Å². The summed E-state index contributed by atoms with van der Waals surface area (Å²) in [6.07, 6.45) is 2.71. The second kappa shape index (κ2) is 9.27. The molecule has 1 heterocycles. The first-order valence-corrected chi connectivity index (χ1v) is 8.33. The van der Waals surface area contributed by atoms with Gasteiger partial charge in [0.1, 0.15) is 12.4 Å². The van der Waals surface area contributed by atoms with Crippen LogP contribution in [0.2, 0.25) is 0 Å². The van der Waals surface area contributed by atoms with Crippen LogP contribution in [0.15, 0.2) is 24.3 Å². The highest BCUT2D eigenvalue weighted by atomic mass is 16.5. The van der Waals surface area contributed by atoms with E-state index in [1.807, 2.05) is 4.90 Å². The fourth-order valence-electron chi connectivity index (χ4n) is 2.93. The van der Waals surface area contributed by atoms with Crippen molar-refractivity contribution in [2.45, 2.75) is 25.7 Å². The maximum absolute atomic E-state index is 12.6. The van der Waals surface area contributed by atoms with Gasteiger partial charge in [0.05, 0.1) is 6.61 Å². The van der Waals surface area contributed by atoms with Crippen molar-refractivity contribution in [3.8, 4) is 5.75 Å². The van der Waals surface area contributed by atoms with E-state index in [1.165, 1.54) is 0 Å². The Morgan fingerprint density at radius 3 is 2.67 bits per heavy atom. The fourth-order valence-corrected chi connectivity index (χ4v) is 2.93. The van der Waals surface area contributed by atoms with E-state index < -0.39 is 5.97 Å². The van der Waals surface area contributed by atoms with Crippen molar-refractivity contribution >= 4 is 11.9 Å². The van der Waals surface area contributed by atoms with Crippen molar-refractivity contribution in [3.05, 3.63) is 29.8 Å².